The lowest BCUT2D eigenvalue weighted by molar-refractivity contribution is -0.134. The first-order chi connectivity index (χ1) is 15.2. The summed E-state index contributed by atoms with van der Waals surface area (Å²) in [4.78, 5) is 32.1. The largest absolute Gasteiger partial charge is 0.455 e. The van der Waals surface area contributed by atoms with Crippen molar-refractivity contribution in [2.45, 2.75) is 25.0 Å². The van der Waals surface area contributed by atoms with Gasteiger partial charge in [0, 0.05) is 16.3 Å². The fourth-order valence-electron chi connectivity index (χ4n) is 3.68. The maximum Gasteiger partial charge on any atom is 0.280 e. The molecule has 1 aliphatic heterocycles. The number of fused-ring (bicyclic) bond motifs is 1. The minimum Gasteiger partial charge on any atom is -0.455 e. The second kappa shape index (κ2) is 9.02. The zero-order chi connectivity index (χ0) is 23.1. The fourth-order valence-corrected chi connectivity index (χ4v) is 3.81. The van der Waals surface area contributed by atoms with E-state index in [2.05, 4.69) is 10.3 Å². The van der Waals surface area contributed by atoms with Gasteiger partial charge in [-0.3, -0.25) is 14.5 Å². The molecule has 2 heterocycles. The Hall–Kier alpha value is -3.13. The average molecular weight is 487 g/mol. The molecule has 1 unspecified atom stereocenters. The van der Waals surface area contributed by atoms with E-state index in [0.29, 0.717) is 27.7 Å². The average Bonchev–Trinajstić information content (AvgIpc) is 2.80. The van der Waals surface area contributed by atoms with Gasteiger partial charge in [0.05, 0.1) is 5.69 Å². The van der Waals surface area contributed by atoms with Gasteiger partial charge in [-0.15, -0.1) is 12.4 Å². The Bertz CT molecular complexity index is 1190. The molecular weight excluding hydrogens is 463 g/mol. The monoisotopic (exact) mass is 486 g/mol. The van der Waals surface area contributed by atoms with E-state index in [0.717, 1.165) is 0 Å². The topological polar surface area (TPSA) is 97.5 Å². The third-order valence-corrected chi connectivity index (χ3v) is 6.16. The van der Waals surface area contributed by atoms with E-state index in [1.54, 1.807) is 62.2 Å². The molecule has 2 amide bonds. The van der Waals surface area contributed by atoms with Gasteiger partial charge in [0.2, 0.25) is 17.4 Å². The summed E-state index contributed by atoms with van der Waals surface area (Å²) < 4.78 is 6.25. The Labute approximate surface area is 203 Å². The predicted octanol–water partition coefficient (Wildman–Crippen LogP) is 4.05. The van der Waals surface area contributed by atoms with Crippen molar-refractivity contribution >= 4 is 47.2 Å². The molecule has 4 rings (SSSR count). The van der Waals surface area contributed by atoms with E-state index in [1.807, 2.05) is 30.3 Å². The van der Waals surface area contributed by atoms with Gasteiger partial charge < -0.3 is 15.8 Å². The van der Waals surface area contributed by atoms with Crippen LogP contribution in [-0.4, -0.2) is 23.8 Å². The molecule has 9 heteroatoms. The number of hydrogen-bond donors (Lipinski definition) is 2. The lowest BCUT2D eigenvalue weighted by Gasteiger charge is -2.40. The highest BCUT2D eigenvalue weighted by Gasteiger charge is 2.48. The molecule has 0 aliphatic carbocycles. The number of halogens is 2. The van der Waals surface area contributed by atoms with Gasteiger partial charge in [-0.05, 0) is 57.3 Å². The number of rotatable bonds is 5. The molecule has 0 saturated heterocycles. The molecule has 1 aliphatic rings. The standard InChI is InChI=1S/C24H23ClN4O3.ClH/c1-23(27-3,21(26)30)19-14-13-18-20(28-19)32-24(2,15-7-5-4-6-8-15)22(31)29(18)17-11-9-16(25)10-12-17;/h4-14,27H,1-3H3,(H2,26,30);1H/t23?,24-;/m0./s1. The SMILES string of the molecule is CNC(C)(C(N)=O)c1ccc2c(n1)O[C@@](C)(c1ccccc1)C(=O)N2c1ccc(Cl)cc1.Cl. The highest BCUT2D eigenvalue weighted by atomic mass is 35.5. The van der Waals surface area contributed by atoms with Crippen LogP contribution in [0.1, 0.15) is 25.1 Å². The number of nitrogens with one attached hydrogen (secondary N) is 1. The van der Waals surface area contributed by atoms with Crippen LogP contribution in [0.5, 0.6) is 5.88 Å². The number of likely N-dealkylation sites (N-methyl/N-ethyl adjacent to an activating group) is 1. The molecule has 0 spiro atoms. The summed E-state index contributed by atoms with van der Waals surface area (Å²) in [5, 5.41) is 3.48. The van der Waals surface area contributed by atoms with Crippen molar-refractivity contribution in [1.29, 1.82) is 0 Å². The highest BCUT2D eigenvalue weighted by Crippen LogP contribution is 2.45. The van der Waals surface area contributed by atoms with Crippen LogP contribution in [0, 0.1) is 0 Å². The zero-order valence-electron chi connectivity index (χ0n) is 18.3. The molecule has 172 valence electrons. The minimum absolute atomic E-state index is 0. The highest BCUT2D eigenvalue weighted by molar-refractivity contribution is 6.30. The number of hydrogen-bond acceptors (Lipinski definition) is 5. The molecule has 3 N–H and O–H groups in total. The summed E-state index contributed by atoms with van der Waals surface area (Å²) in [7, 11) is 1.63. The minimum atomic E-state index is -1.34. The number of carbonyl (C=O) groups excluding carboxylic acids is 2. The predicted molar refractivity (Wildman–Crippen MR) is 130 cm³/mol. The first-order valence-corrected chi connectivity index (χ1v) is 10.4. The fraction of sp³-hybridized carbons (Fsp3) is 0.208. The van der Waals surface area contributed by atoms with Crippen LogP contribution >= 0.6 is 24.0 Å². The van der Waals surface area contributed by atoms with Crippen molar-refractivity contribution in [3.8, 4) is 5.88 Å². The molecule has 3 aromatic rings. The number of nitrogens with zero attached hydrogens (tertiary/aromatic N) is 2. The summed E-state index contributed by atoms with van der Waals surface area (Å²) in [6.07, 6.45) is 0. The Kier molecular flexibility index (Phi) is 6.70. The second-order valence-electron chi connectivity index (χ2n) is 7.88. The number of ether oxygens (including phenoxy) is 1. The maximum absolute atomic E-state index is 13.8. The van der Waals surface area contributed by atoms with Crippen molar-refractivity contribution < 1.29 is 14.3 Å². The van der Waals surface area contributed by atoms with Gasteiger partial charge in [-0.1, -0.05) is 41.9 Å². The number of anilines is 2. The summed E-state index contributed by atoms with van der Waals surface area (Å²) in [5.74, 6) is -0.648. The van der Waals surface area contributed by atoms with Gasteiger partial charge in [0.15, 0.2) is 0 Å². The van der Waals surface area contributed by atoms with E-state index in [9.17, 15) is 9.59 Å². The number of pyridine rings is 1. The van der Waals surface area contributed by atoms with Crippen molar-refractivity contribution in [3.63, 3.8) is 0 Å². The van der Waals surface area contributed by atoms with Crippen molar-refractivity contribution in [1.82, 2.24) is 10.3 Å². The van der Waals surface area contributed by atoms with Crippen LogP contribution in [0.2, 0.25) is 5.02 Å². The number of nitrogens with two attached hydrogens (primary N) is 1. The van der Waals surface area contributed by atoms with Crippen LogP contribution in [0.15, 0.2) is 66.7 Å². The van der Waals surface area contributed by atoms with Crippen molar-refractivity contribution in [3.05, 3.63) is 83.0 Å². The van der Waals surface area contributed by atoms with Crippen molar-refractivity contribution in [2.75, 3.05) is 11.9 Å². The smallest absolute Gasteiger partial charge is 0.280 e. The molecule has 2 atom stereocenters. The quantitative estimate of drug-likeness (QED) is 0.566. The Morgan fingerprint density at radius 1 is 1.12 bits per heavy atom. The summed E-state index contributed by atoms with van der Waals surface area (Å²) in [6.45, 7) is 3.35. The van der Waals surface area contributed by atoms with E-state index < -0.39 is 17.0 Å². The molecule has 0 radical (unpaired) electrons. The molecule has 0 saturated carbocycles. The summed E-state index contributed by atoms with van der Waals surface area (Å²) in [6, 6.07) is 19.5. The van der Waals surface area contributed by atoms with E-state index in [1.165, 1.54) is 0 Å². The molecule has 0 bridgehead atoms. The van der Waals surface area contributed by atoms with Crippen molar-refractivity contribution in [2.24, 2.45) is 5.73 Å². The summed E-state index contributed by atoms with van der Waals surface area (Å²) >= 11 is 6.06. The van der Waals surface area contributed by atoms with E-state index in [-0.39, 0.29) is 24.2 Å². The van der Waals surface area contributed by atoms with Gasteiger partial charge in [0.1, 0.15) is 11.2 Å². The van der Waals surface area contributed by atoms with Crippen LogP contribution in [0.4, 0.5) is 11.4 Å². The van der Waals surface area contributed by atoms with Crippen LogP contribution in [0.3, 0.4) is 0 Å². The normalized spacial score (nSPS) is 19.0. The van der Waals surface area contributed by atoms with Gasteiger partial charge >= 0.3 is 0 Å². The Balaban J connectivity index is 0.00000306. The first kappa shape index (κ1) is 24.5. The maximum atomic E-state index is 13.8. The Morgan fingerprint density at radius 2 is 1.76 bits per heavy atom. The molecule has 33 heavy (non-hydrogen) atoms. The number of primary amides is 1. The molecule has 7 nitrogen and oxygen atoms in total. The number of aromatic nitrogens is 1. The van der Waals surface area contributed by atoms with Gasteiger partial charge in [0.25, 0.3) is 5.91 Å². The summed E-state index contributed by atoms with van der Waals surface area (Å²) in [5.41, 5.74) is 5.20. The third kappa shape index (κ3) is 4.04. The molecule has 0 fully saturated rings. The lowest BCUT2D eigenvalue weighted by Crippen LogP contribution is -2.52. The molecule has 1 aromatic heterocycles. The second-order valence-corrected chi connectivity index (χ2v) is 8.31. The van der Waals surface area contributed by atoms with Gasteiger partial charge in [-0.2, -0.15) is 0 Å². The zero-order valence-corrected chi connectivity index (χ0v) is 19.9. The number of carbonyl (C=O) groups is 2. The number of amides is 2. The van der Waals surface area contributed by atoms with Crippen LogP contribution in [0.25, 0.3) is 0 Å². The van der Waals surface area contributed by atoms with Gasteiger partial charge in [-0.25, -0.2) is 4.98 Å². The first-order valence-electron chi connectivity index (χ1n) is 10.1. The third-order valence-electron chi connectivity index (χ3n) is 5.91. The molecular formula is C24H24Cl2N4O3. The van der Waals surface area contributed by atoms with Crippen LogP contribution in [-0.2, 0) is 20.7 Å². The van der Waals surface area contributed by atoms with Crippen LogP contribution < -0.4 is 20.7 Å². The number of benzene rings is 2. The van der Waals surface area contributed by atoms with E-state index >= 15 is 0 Å². The molecule has 2 aromatic carbocycles. The lowest BCUT2D eigenvalue weighted by atomic mass is 9.91. The van der Waals surface area contributed by atoms with E-state index in [4.69, 9.17) is 22.1 Å². The Morgan fingerprint density at radius 3 is 2.33 bits per heavy atom.